The van der Waals surface area contributed by atoms with Crippen molar-refractivity contribution < 1.29 is 4.74 Å². The Morgan fingerprint density at radius 3 is 2.68 bits per heavy atom. The number of rotatable bonds is 4. The van der Waals surface area contributed by atoms with Crippen molar-refractivity contribution >= 4 is 11.6 Å². The van der Waals surface area contributed by atoms with Crippen LogP contribution in [0.3, 0.4) is 0 Å². The quantitative estimate of drug-likeness (QED) is 0.907. The highest BCUT2D eigenvalue weighted by atomic mass is 16.5. The van der Waals surface area contributed by atoms with Crippen molar-refractivity contribution in [3.8, 4) is 5.88 Å². The van der Waals surface area contributed by atoms with Crippen molar-refractivity contribution in [2.75, 3.05) is 5.73 Å². The van der Waals surface area contributed by atoms with Crippen LogP contribution in [-0.4, -0.2) is 25.9 Å². The van der Waals surface area contributed by atoms with Crippen LogP contribution in [0.5, 0.6) is 5.88 Å². The zero-order valence-electron chi connectivity index (χ0n) is 11.4. The number of nitrogen functional groups attached to an aromatic ring is 1. The molecule has 6 nitrogen and oxygen atoms in total. The molecule has 2 heterocycles. The van der Waals surface area contributed by atoms with Crippen LogP contribution in [-0.2, 0) is 12.8 Å². The van der Waals surface area contributed by atoms with Gasteiger partial charge in [-0.15, -0.1) is 15.3 Å². The van der Waals surface area contributed by atoms with E-state index in [-0.39, 0.29) is 6.10 Å². The van der Waals surface area contributed by atoms with Gasteiger partial charge in [0.25, 0.3) is 0 Å². The standard InChI is InChI=1S/C13H19N5O/c1-3-8(4-2)19-12-10-7-5-6-9(10)11-15-16-13(14)18(11)17-12/h8H,3-7H2,1-2H3,(H2,14,16). The van der Waals surface area contributed by atoms with Gasteiger partial charge in [-0.05, 0) is 32.1 Å². The Morgan fingerprint density at radius 1 is 1.21 bits per heavy atom. The van der Waals surface area contributed by atoms with Crippen LogP contribution in [0, 0.1) is 0 Å². The average molecular weight is 261 g/mol. The summed E-state index contributed by atoms with van der Waals surface area (Å²) in [5.74, 6) is 1.03. The average Bonchev–Trinajstić information content (AvgIpc) is 3.03. The van der Waals surface area contributed by atoms with Crippen molar-refractivity contribution in [2.24, 2.45) is 0 Å². The topological polar surface area (TPSA) is 78.3 Å². The first kappa shape index (κ1) is 12.2. The maximum absolute atomic E-state index is 6.05. The molecule has 0 unspecified atom stereocenters. The van der Waals surface area contributed by atoms with Gasteiger partial charge in [0.15, 0.2) is 5.65 Å². The fourth-order valence-electron chi connectivity index (χ4n) is 2.66. The van der Waals surface area contributed by atoms with E-state index in [4.69, 9.17) is 10.5 Å². The molecule has 0 spiro atoms. The van der Waals surface area contributed by atoms with E-state index in [1.165, 1.54) is 11.1 Å². The molecule has 0 aliphatic heterocycles. The number of fused-ring (bicyclic) bond motifs is 3. The minimum Gasteiger partial charge on any atom is -0.473 e. The number of aryl methyl sites for hydroxylation is 1. The summed E-state index contributed by atoms with van der Waals surface area (Å²) in [7, 11) is 0. The first-order valence-electron chi connectivity index (χ1n) is 6.93. The normalized spacial score (nSPS) is 14.3. The number of anilines is 1. The second kappa shape index (κ2) is 4.68. The van der Waals surface area contributed by atoms with E-state index < -0.39 is 0 Å². The summed E-state index contributed by atoms with van der Waals surface area (Å²) >= 11 is 0. The Balaban J connectivity index is 2.11. The molecule has 2 aromatic heterocycles. The minimum atomic E-state index is 0.201. The van der Waals surface area contributed by atoms with Crippen LogP contribution in [0.25, 0.3) is 5.65 Å². The monoisotopic (exact) mass is 261 g/mol. The summed E-state index contributed by atoms with van der Waals surface area (Å²) < 4.78 is 7.64. The van der Waals surface area contributed by atoms with E-state index in [1.54, 1.807) is 4.52 Å². The SMILES string of the molecule is CCC(CC)Oc1nn2c(N)nnc2c2c1CCC2. The molecule has 2 N–H and O–H groups in total. The number of hydrogen-bond donors (Lipinski definition) is 1. The third-order valence-electron chi connectivity index (χ3n) is 3.79. The van der Waals surface area contributed by atoms with Gasteiger partial charge in [-0.2, -0.15) is 4.52 Å². The maximum atomic E-state index is 6.05. The second-order valence-corrected chi connectivity index (χ2v) is 4.97. The van der Waals surface area contributed by atoms with Gasteiger partial charge < -0.3 is 10.5 Å². The minimum absolute atomic E-state index is 0.201. The molecule has 1 aliphatic rings. The van der Waals surface area contributed by atoms with Gasteiger partial charge in [0.1, 0.15) is 0 Å². The molecule has 0 amide bonds. The lowest BCUT2D eigenvalue weighted by atomic mass is 10.2. The number of hydrogen-bond acceptors (Lipinski definition) is 5. The highest BCUT2D eigenvalue weighted by Crippen LogP contribution is 2.32. The van der Waals surface area contributed by atoms with Gasteiger partial charge in [-0.3, -0.25) is 0 Å². The maximum Gasteiger partial charge on any atom is 0.243 e. The molecular formula is C13H19N5O. The highest BCUT2D eigenvalue weighted by molar-refractivity contribution is 5.57. The summed E-state index contributed by atoms with van der Waals surface area (Å²) in [6.07, 6.45) is 5.26. The molecule has 0 bridgehead atoms. The van der Waals surface area contributed by atoms with E-state index in [2.05, 4.69) is 29.1 Å². The molecule has 1 aliphatic carbocycles. The summed E-state index contributed by atoms with van der Waals surface area (Å²) in [5, 5.41) is 12.5. The van der Waals surface area contributed by atoms with Crippen LogP contribution >= 0.6 is 0 Å². The Kier molecular flexibility index (Phi) is 3.00. The van der Waals surface area contributed by atoms with Crippen LogP contribution in [0.15, 0.2) is 0 Å². The van der Waals surface area contributed by atoms with Gasteiger partial charge in [0.2, 0.25) is 11.8 Å². The molecule has 0 saturated heterocycles. The zero-order valence-corrected chi connectivity index (χ0v) is 11.4. The third kappa shape index (κ3) is 1.91. The smallest absolute Gasteiger partial charge is 0.243 e. The Morgan fingerprint density at radius 2 is 1.95 bits per heavy atom. The fourth-order valence-corrected chi connectivity index (χ4v) is 2.66. The van der Waals surface area contributed by atoms with Crippen LogP contribution in [0.1, 0.15) is 44.2 Å². The molecule has 0 fully saturated rings. The summed E-state index contributed by atoms with van der Waals surface area (Å²) in [6, 6.07) is 0. The number of ether oxygens (including phenoxy) is 1. The summed E-state index contributed by atoms with van der Waals surface area (Å²) in [4.78, 5) is 0. The van der Waals surface area contributed by atoms with Crippen molar-refractivity contribution in [1.82, 2.24) is 19.8 Å². The molecular weight excluding hydrogens is 242 g/mol. The molecule has 2 aromatic rings. The molecule has 6 heteroatoms. The molecule has 3 rings (SSSR count). The molecule has 19 heavy (non-hydrogen) atoms. The Bertz CT molecular complexity index is 603. The van der Waals surface area contributed by atoms with Crippen molar-refractivity contribution in [1.29, 1.82) is 0 Å². The van der Waals surface area contributed by atoms with E-state index in [1.807, 2.05) is 0 Å². The first-order valence-corrected chi connectivity index (χ1v) is 6.93. The number of aromatic nitrogens is 4. The predicted octanol–water partition coefficient (Wildman–Crippen LogP) is 1.76. The second-order valence-electron chi connectivity index (χ2n) is 4.97. The largest absolute Gasteiger partial charge is 0.473 e. The van der Waals surface area contributed by atoms with Gasteiger partial charge in [0, 0.05) is 11.1 Å². The molecule has 0 saturated carbocycles. The molecule has 102 valence electrons. The van der Waals surface area contributed by atoms with E-state index >= 15 is 0 Å². The predicted molar refractivity (Wildman–Crippen MR) is 72.2 cm³/mol. The molecule has 0 aromatic carbocycles. The van der Waals surface area contributed by atoms with Crippen molar-refractivity contribution in [2.45, 2.75) is 52.1 Å². The van der Waals surface area contributed by atoms with Crippen LogP contribution in [0.4, 0.5) is 5.95 Å². The third-order valence-corrected chi connectivity index (χ3v) is 3.79. The van der Waals surface area contributed by atoms with Crippen LogP contribution in [0.2, 0.25) is 0 Å². The van der Waals surface area contributed by atoms with E-state index in [0.29, 0.717) is 11.8 Å². The van der Waals surface area contributed by atoms with Crippen molar-refractivity contribution in [3.05, 3.63) is 11.1 Å². The van der Waals surface area contributed by atoms with Crippen molar-refractivity contribution in [3.63, 3.8) is 0 Å². The lowest BCUT2D eigenvalue weighted by molar-refractivity contribution is 0.180. The lowest BCUT2D eigenvalue weighted by Gasteiger charge is -2.17. The molecule has 0 atom stereocenters. The zero-order chi connectivity index (χ0) is 13.4. The number of nitrogens with zero attached hydrogens (tertiary/aromatic N) is 4. The van der Waals surface area contributed by atoms with Gasteiger partial charge in [0.05, 0.1) is 6.10 Å². The van der Waals surface area contributed by atoms with Gasteiger partial charge in [-0.1, -0.05) is 13.8 Å². The molecule has 0 radical (unpaired) electrons. The van der Waals surface area contributed by atoms with Gasteiger partial charge >= 0.3 is 0 Å². The fraction of sp³-hybridized carbons (Fsp3) is 0.615. The van der Waals surface area contributed by atoms with E-state index in [9.17, 15) is 0 Å². The van der Waals surface area contributed by atoms with Gasteiger partial charge in [-0.25, -0.2) is 0 Å². The Hall–Kier alpha value is -1.85. The lowest BCUT2D eigenvalue weighted by Crippen LogP contribution is -2.17. The Labute approximate surface area is 112 Å². The van der Waals surface area contributed by atoms with Crippen LogP contribution < -0.4 is 10.5 Å². The number of nitrogens with two attached hydrogens (primary N) is 1. The van der Waals surface area contributed by atoms with E-state index in [0.717, 1.165) is 37.8 Å². The summed E-state index contributed by atoms with van der Waals surface area (Å²) in [5.41, 5.74) is 8.97. The first-order chi connectivity index (χ1) is 9.24. The summed E-state index contributed by atoms with van der Waals surface area (Å²) in [6.45, 7) is 4.25. The highest BCUT2D eigenvalue weighted by Gasteiger charge is 2.24.